The lowest BCUT2D eigenvalue weighted by atomic mass is 9.81. The largest absolute Gasteiger partial charge is 0.748 e. The first kappa shape index (κ1) is 51.6. The van der Waals surface area contributed by atoms with Crippen LogP contribution in [-0.4, -0.2) is 86.4 Å². The van der Waals surface area contributed by atoms with Crippen LogP contribution in [0.4, 0.5) is 17.1 Å². The molecular weight excluding hydrogens is 953 g/mol. The molecule has 0 aliphatic carbocycles. The van der Waals surface area contributed by atoms with Crippen molar-refractivity contribution in [2.75, 3.05) is 35.2 Å². The lowest BCUT2D eigenvalue weighted by Crippen LogP contribution is -2.35. The third-order valence-corrected chi connectivity index (χ3v) is 15.4. The summed E-state index contributed by atoms with van der Waals surface area (Å²) in [5.41, 5.74) is 6.00. The van der Waals surface area contributed by atoms with Crippen molar-refractivity contribution in [3.63, 3.8) is 0 Å². The van der Waals surface area contributed by atoms with Gasteiger partial charge in [-0.1, -0.05) is 80.7 Å². The molecular formula is C52H56N4O11S3. The number of amides is 2. The second-order valence-corrected chi connectivity index (χ2v) is 22.8. The Hall–Kier alpha value is -6.20. The maximum Gasteiger partial charge on any atom is 0.294 e. The van der Waals surface area contributed by atoms with Gasteiger partial charge in [-0.2, -0.15) is 21.4 Å². The van der Waals surface area contributed by atoms with E-state index in [2.05, 4.69) is 22.1 Å². The summed E-state index contributed by atoms with van der Waals surface area (Å²) in [6.07, 6.45) is 11.5. The fraction of sp³-hybridized carbons (Fsp3) is 0.327. The van der Waals surface area contributed by atoms with Gasteiger partial charge < -0.3 is 19.7 Å². The molecule has 3 aliphatic heterocycles. The van der Waals surface area contributed by atoms with Gasteiger partial charge in [-0.25, -0.2) is 8.42 Å². The summed E-state index contributed by atoms with van der Waals surface area (Å²) in [6.45, 7) is 8.88. The fourth-order valence-electron chi connectivity index (χ4n) is 9.34. The number of unbranched alkanes of at least 4 members (excludes halogenated alkanes) is 2. The molecule has 15 nitrogen and oxygen atoms in total. The van der Waals surface area contributed by atoms with Crippen molar-refractivity contribution in [2.45, 2.75) is 93.4 Å². The number of carbonyl (C=O) groups excluding carboxylic acids is 2. The zero-order valence-corrected chi connectivity index (χ0v) is 41.8. The molecule has 3 aliphatic rings. The second kappa shape index (κ2) is 20.6. The van der Waals surface area contributed by atoms with Gasteiger partial charge in [0.05, 0.1) is 37.6 Å². The van der Waals surface area contributed by atoms with E-state index in [-0.39, 0.29) is 54.0 Å². The molecule has 0 radical (unpaired) electrons. The van der Waals surface area contributed by atoms with Crippen LogP contribution >= 0.6 is 0 Å². The van der Waals surface area contributed by atoms with Gasteiger partial charge in [0, 0.05) is 83.7 Å². The zero-order chi connectivity index (χ0) is 50.6. The number of para-hydroxylation sites is 1. The highest BCUT2D eigenvalue weighted by Gasteiger charge is 2.45. The quantitative estimate of drug-likeness (QED) is 0.0294. The number of fused-ring (bicyclic) bond motifs is 4. The molecule has 4 aromatic rings. The molecule has 0 unspecified atom stereocenters. The van der Waals surface area contributed by atoms with E-state index in [1.807, 2.05) is 99.0 Å². The van der Waals surface area contributed by atoms with Crippen LogP contribution in [-0.2, 0) is 57.3 Å². The number of nitrogens with one attached hydrogen (secondary N) is 1. The van der Waals surface area contributed by atoms with Crippen molar-refractivity contribution in [3.8, 4) is 11.8 Å². The number of allylic oxidation sites excluding steroid dienone is 6. The number of hydrogen-bond acceptors (Lipinski definition) is 10. The van der Waals surface area contributed by atoms with Crippen molar-refractivity contribution in [1.29, 1.82) is 0 Å². The number of anilines is 2. The summed E-state index contributed by atoms with van der Waals surface area (Å²) < 4.78 is 104. The van der Waals surface area contributed by atoms with Crippen molar-refractivity contribution < 1.29 is 53.1 Å². The van der Waals surface area contributed by atoms with Gasteiger partial charge >= 0.3 is 0 Å². The predicted octanol–water partition coefficient (Wildman–Crippen LogP) is 7.30. The highest BCUT2D eigenvalue weighted by Crippen LogP contribution is 2.49. The Bertz CT molecular complexity index is 3270. The molecule has 18 heteroatoms. The van der Waals surface area contributed by atoms with Gasteiger partial charge in [-0.15, -0.1) is 0 Å². The normalized spacial score (nSPS) is 16.6. The molecule has 2 amide bonds. The predicted molar refractivity (Wildman–Crippen MR) is 267 cm³/mol. The maximum atomic E-state index is 13.6. The SMILES string of the molecule is CC1(C)C(=CC=CC=CC2=[N+](CCCS(=O)(=O)[O-])c3ccc(S(=O)(=O)O)cc3C2(C)C)N(CCCCCC(=O)NCCC(=O)N2Cc3ccccc3C#Cc3ccccc32)c2ccc(S(=O)(=O)O)cc21. The Morgan fingerprint density at radius 1 is 0.743 bits per heavy atom. The van der Waals surface area contributed by atoms with Crippen LogP contribution in [0.1, 0.15) is 94.0 Å². The molecule has 3 N–H and O–H groups in total. The summed E-state index contributed by atoms with van der Waals surface area (Å²) in [5, 5.41) is 2.90. The minimum Gasteiger partial charge on any atom is -0.748 e. The number of rotatable bonds is 18. The van der Waals surface area contributed by atoms with Gasteiger partial charge in [-0.05, 0) is 92.4 Å². The molecule has 0 fully saturated rings. The van der Waals surface area contributed by atoms with Crippen LogP contribution in [0.2, 0.25) is 0 Å². The van der Waals surface area contributed by atoms with Crippen molar-refractivity contribution in [2.24, 2.45) is 0 Å². The summed E-state index contributed by atoms with van der Waals surface area (Å²) in [7, 11) is -13.5. The van der Waals surface area contributed by atoms with Crippen molar-refractivity contribution in [1.82, 2.24) is 5.32 Å². The smallest absolute Gasteiger partial charge is 0.294 e. The molecule has 0 spiro atoms. The standard InChI is InChI=1S/C52H56N4O11S3/c1-51(2)42-34-40(69(62,63)64)25-27-45(42)54(31-14-6-9-22-49(57)53-30-29-50(58)56-36-39-18-11-10-16-37(39)23-24-38-17-12-13-19-44(38)56)47(51)20-7-5-8-21-48-52(3,4)43-35-41(70(65,66)67)26-28-46(43)55(48)32-15-33-68(59,60)61/h5,7-8,10-13,16-21,25-28,34-35H,6,9,14-15,22,29-33,36H2,1-4H3,(H3-,53,57,59,60,61,62,63,64,65,66,67). The molecule has 0 saturated heterocycles. The third kappa shape index (κ3) is 11.7. The fourth-order valence-corrected chi connectivity index (χ4v) is 10.8. The highest BCUT2D eigenvalue weighted by atomic mass is 32.2. The van der Waals surface area contributed by atoms with E-state index in [0.29, 0.717) is 54.9 Å². The number of benzene rings is 4. The highest BCUT2D eigenvalue weighted by molar-refractivity contribution is 7.86. The summed E-state index contributed by atoms with van der Waals surface area (Å²) in [6, 6.07) is 24.0. The molecule has 4 aromatic carbocycles. The van der Waals surface area contributed by atoms with E-state index >= 15 is 0 Å². The van der Waals surface area contributed by atoms with Gasteiger partial charge in [0.25, 0.3) is 20.2 Å². The average molecular weight is 1010 g/mol. The van der Waals surface area contributed by atoms with Gasteiger partial charge in [0.1, 0.15) is 6.54 Å². The minimum absolute atomic E-state index is 0.0171. The average Bonchev–Trinajstić information content (AvgIpc) is 3.63. The van der Waals surface area contributed by atoms with Crippen LogP contribution < -0.4 is 15.1 Å². The van der Waals surface area contributed by atoms with Crippen molar-refractivity contribution >= 4 is 64.9 Å². The lowest BCUT2D eigenvalue weighted by molar-refractivity contribution is -0.437. The first-order chi connectivity index (χ1) is 33.0. The molecule has 70 heavy (non-hydrogen) atoms. The van der Waals surface area contributed by atoms with E-state index in [1.165, 1.54) is 24.3 Å². The molecule has 3 heterocycles. The molecule has 368 valence electrons. The van der Waals surface area contributed by atoms with Gasteiger partial charge in [-0.3, -0.25) is 18.7 Å². The Morgan fingerprint density at radius 2 is 1.40 bits per heavy atom. The number of carbonyl (C=O) groups is 2. The zero-order valence-electron chi connectivity index (χ0n) is 39.4. The third-order valence-electron chi connectivity index (χ3n) is 12.9. The van der Waals surface area contributed by atoms with Crippen molar-refractivity contribution in [3.05, 3.63) is 149 Å². The first-order valence-electron chi connectivity index (χ1n) is 22.9. The summed E-state index contributed by atoms with van der Waals surface area (Å²) >= 11 is 0. The van der Waals surface area contributed by atoms with E-state index in [4.69, 9.17) is 0 Å². The van der Waals surface area contributed by atoms with Crippen LogP contribution in [0.3, 0.4) is 0 Å². The van der Waals surface area contributed by atoms with E-state index in [9.17, 15) is 48.5 Å². The molecule has 0 aromatic heterocycles. The van der Waals surface area contributed by atoms with Crippen LogP contribution in [0, 0.1) is 11.8 Å². The van der Waals surface area contributed by atoms with Gasteiger partial charge in [0.15, 0.2) is 5.71 Å². The Kier molecular flexibility index (Phi) is 15.2. The maximum absolute atomic E-state index is 13.6. The first-order valence-corrected chi connectivity index (χ1v) is 27.3. The van der Waals surface area contributed by atoms with Crippen LogP contribution in [0.25, 0.3) is 0 Å². The molecule has 0 atom stereocenters. The second-order valence-electron chi connectivity index (χ2n) is 18.5. The minimum atomic E-state index is -4.52. The Labute approximate surface area is 410 Å². The van der Waals surface area contributed by atoms with E-state index in [0.717, 1.165) is 33.8 Å². The topological polar surface area (TPSA) is 222 Å². The monoisotopic (exact) mass is 1010 g/mol. The number of hydrogen-bond donors (Lipinski definition) is 3. The van der Waals surface area contributed by atoms with Crippen LogP contribution in [0.5, 0.6) is 0 Å². The lowest BCUT2D eigenvalue weighted by Gasteiger charge is -2.27. The molecule has 0 bridgehead atoms. The van der Waals surface area contributed by atoms with E-state index < -0.39 is 46.9 Å². The molecule has 0 saturated carbocycles. The van der Waals surface area contributed by atoms with Crippen LogP contribution in [0.15, 0.2) is 131 Å². The Balaban J connectivity index is 1.01. The Morgan fingerprint density at radius 3 is 2.11 bits per heavy atom. The molecule has 7 rings (SSSR count). The van der Waals surface area contributed by atoms with Gasteiger partial charge in [0.2, 0.25) is 17.5 Å². The number of nitrogens with zero attached hydrogens (tertiary/aromatic N) is 3. The summed E-state index contributed by atoms with van der Waals surface area (Å²) in [4.78, 5) is 29.9. The van der Waals surface area contributed by atoms with E-state index in [1.54, 1.807) is 29.2 Å². The summed E-state index contributed by atoms with van der Waals surface area (Å²) in [5.74, 6) is 5.54.